The van der Waals surface area contributed by atoms with Crippen LogP contribution in [0.4, 0.5) is 0 Å². The maximum atomic E-state index is 12.7. The molecule has 1 aliphatic heterocycles. The largest absolute Gasteiger partial charge is 0.381 e. The van der Waals surface area contributed by atoms with E-state index in [1.165, 1.54) is 36.2 Å². The summed E-state index contributed by atoms with van der Waals surface area (Å²) in [5.41, 5.74) is 0. The Kier molecular flexibility index (Phi) is 6.03. The number of rotatable bonds is 8. The molecule has 2 aromatic heterocycles. The highest BCUT2D eigenvalue weighted by molar-refractivity contribution is 7.89. The van der Waals surface area contributed by atoms with Crippen molar-refractivity contribution in [2.45, 2.75) is 49.3 Å². The van der Waals surface area contributed by atoms with Crippen molar-refractivity contribution in [3.05, 3.63) is 36.2 Å². The van der Waals surface area contributed by atoms with Crippen LogP contribution in [0.15, 0.2) is 33.9 Å². The Morgan fingerprint density at radius 3 is 2.89 bits per heavy atom. The minimum absolute atomic E-state index is 0.0768. The van der Waals surface area contributed by atoms with Gasteiger partial charge in [-0.25, -0.2) is 8.42 Å². The second-order valence-corrected chi connectivity index (χ2v) is 9.50. The molecule has 0 N–H and O–H groups in total. The summed E-state index contributed by atoms with van der Waals surface area (Å²) in [7, 11) is -3.54. The van der Waals surface area contributed by atoms with Gasteiger partial charge < -0.3 is 9.26 Å². The van der Waals surface area contributed by atoms with Gasteiger partial charge in [-0.15, -0.1) is 0 Å². The average molecular weight is 407 g/mol. The molecule has 0 radical (unpaired) electrons. The molecule has 2 aliphatic rings. The summed E-state index contributed by atoms with van der Waals surface area (Å²) >= 11 is 0. The second-order valence-electron chi connectivity index (χ2n) is 7.56. The predicted molar refractivity (Wildman–Crippen MR) is 101 cm³/mol. The van der Waals surface area contributed by atoms with Gasteiger partial charge in [-0.2, -0.15) is 9.29 Å². The van der Waals surface area contributed by atoms with E-state index < -0.39 is 10.0 Å². The third kappa shape index (κ3) is 4.42. The Hall–Kier alpha value is -1.84. The SMILES string of the molecule is O=S(=O)(c1cccnc1)N1CCC(c2nc(CCOCC3CCCC3)no2)C1. The Morgan fingerprint density at radius 1 is 1.25 bits per heavy atom. The highest BCUT2D eigenvalue weighted by atomic mass is 32.2. The number of hydrogen-bond donors (Lipinski definition) is 0. The van der Waals surface area contributed by atoms with E-state index >= 15 is 0 Å². The molecule has 0 spiro atoms. The van der Waals surface area contributed by atoms with Gasteiger partial charge in [0.25, 0.3) is 0 Å². The van der Waals surface area contributed by atoms with Crippen molar-refractivity contribution in [2.24, 2.45) is 5.92 Å². The summed E-state index contributed by atoms with van der Waals surface area (Å²) in [5, 5.41) is 4.03. The smallest absolute Gasteiger partial charge is 0.244 e. The van der Waals surface area contributed by atoms with Crippen LogP contribution in [0.5, 0.6) is 0 Å². The van der Waals surface area contributed by atoms with Gasteiger partial charge in [-0.3, -0.25) is 4.98 Å². The third-order valence-electron chi connectivity index (χ3n) is 5.55. The van der Waals surface area contributed by atoms with Crippen LogP contribution in [0.25, 0.3) is 0 Å². The molecule has 0 aromatic carbocycles. The minimum Gasteiger partial charge on any atom is -0.381 e. The van der Waals surface area contributed by atoms with Crippen LogP contribution in [-0.2, 0) is 21.2 Å². The predicted octanol–water partition coefficient (Wildman–Crippen LogP) is 2.39. The normalized spacial score (nSPS) is 21.5. The van der Waals surface area contributed by atoms with Crippen LogP contribution in [0.2, 0.25) is 0 Å². The van der Waals surface area contributed by atoms with Gasteiger partial charge >= 0.3 is 0 Å². The molecule has 1 saturated heterocycles. The summed E-state index contributed by atoms with van der Waals surface area (Å²) in [5.74, 6) is 1.75. The van der Waals surface area contributed by atoms with Crippen molar-refractivity contribution in [2.75, 3.05) is 26.3 Å². The molecule has 3 heterocycles. The summed E-state index contributed by atoms with van der Waals surface area (Å²) in [4.78, 5) is 8.57. The Bertz CT molecular complexity index is 865. The number of nitrogens with zero attached hydrogens (tertiary/aromatic N) is 4. The lowest BCUT2D eigenvalue weighted by atomic mass is 10.1. The summed E-state index contributed by atoms with van der Waals surface area (Å²) < 4.78 is 38.0. The standard InChI is InChI=1S/C19H26N4O4S/c24-28(25,17-6-3-9-20-12-17)23-10-7-16(13-23)19-21-18(22-27-19)8-11-26-14-15-4-1-2-5-15/h3,6,9,12,15-16H,1-2,4-5,7-8,10-11,13-14H2. The topological polar surface area (TPSA) is 98.4 Å². The van der Waals surface area contributed by atoms with Crippen molar-refractivity contribution < 1.29 is 17.7 Å². The molecular weight excluding hydrogens is 380 g/mol. The van der Waals surface area contributed by atoms with E-state index in [0.717, 1.165) is 6.61 Å². The van der Waals surface area contributed by atoms with E-state index in [4.69, 9.17) is 9.26 Å². The first-order chi connectivity index (χ1) is 13.6. The molecule has 1 atom stereocenters. The zero-order valence-electron chi connectivity index (χ0n) is 15.9. The van der Waals surface area contributed by atoms with Crippen molar-refractivity contribution in [1.29, 1.82) is 0 Å². The number of aromatic nitrogens is 3. The van der Waals surface area contributed by atoms with Crippen LogP contribution >= 0.6 is 0 Å². The molecule has 1 aliphatic carbocycles. The van der Waals surface area contributed by atoms with Gasteiger partial charge in [0.15, 0.2) is 5.82 Å². The molecule has 0 amide bonds. The fraction of sp³-hybridized carbons (Fsp3) is 0.632. The first kappa shape index (κ1) is 19.5. The van der Waals surface area contributed by atoms with Crippen molar-refractivity contribution in [3.63, 3.8) is 0 Å². The van der Waals surface area contributed by atoms with Crippen molar-refractivity contribution >= 4 is 10.0 Å². The van der Waals surface area contributed by atoms with Crippen LogP contribution < -0.4 is 0 Å². The molecule has 4 rings (SSSR count). The maximum absolute atomic E-state index is 12.7. The quantitative estimate of drug-likeness (QED) is 0.621. The van der Waals surface area contributed by atoms with E-state index in [0.29, 0.717) is 50.2 Å². The van der Waals surface area contributed by atoms with E-state index in [1.807, 2.05) is 0 Å². The van der Waals surface area contributed by atoms with Gasteiger partial charge in [0.05, 0.1) is 12.5 Å². The maximum Gasteiger partial charge on any atom is 0.244 e. The molecule has 8 nitrogen and oxygen atoms in total. The molecule has 1 unspecified atom stereocenters. The highest BCUT2D eigenvalue weighted by Crippen LogP contribution is 2.30. The number of hydrogen-bond acceptors (Lipinski definition) is 7. The van der Waals surface area contributed by atoms with E-state index in [9.17, 15) is 8.42 Å². The third-order valence-corrected chi connectivity index (χ3v) is 7.40. The van der Waals surface area contributed by atoms with Crippen molar-refractivity contribution in [1.82, 2.24) is 19.4 Å². The lowest BCUT2D eigenvalue weighted by molar-refractivity contribution is 0.102. The molecule has 9 heteroatoms. The average Bonchev–Trinajstić information content (AvgIpc) is 3.47. The van der Waals surface area contributed by atoms with E-state index in [-0.39, 0.29) is 10.8 Å². The van der Waals surface area contributed by atoms with E-state index in [1.54, 1.807) is 18.3 Å². The van der Waals surface area contributed by atoms with Crippen LogP contribution in [-0.4, -0.2) is 54.2 Å². The first-order valence-corrected chi connectivity index (χ1v) is 11.4. The number of ether oxygens (including phenoxy) is 1. The second kappa shape index (κ2) is 8.67. The highest BCUT2D eigenvalue weighted by Gasteiger charge is 2.35. The fourth-order valence-electron chi connectivity index (χ4n) is 3.92. The lowest BCUT2D eigenvalue weighted by Crippen LogP contribution is -2.28. The lowest BCUT2D eigenvalue weighted by Gasteiger charge is -2.15. The molecule has 0 bridgehead atoms. The minimum atomic E-state index is -3.54. The fourth-order valence-corrected chi connectivity index (χ4v) is 5.39. The Labute approximate surface area is 165 Å². The van der Waals surface area contributed by atoms with Crippen LogP contribution in [0.3, 0.4) is 0 Å². The van der Waals surface area contributed by atoms with Gasteiger partial charge in [0.1, 0.15) is 4.90 Å². The Balaban J connectivity index is 1.28. The molecule has 2 aromatic rings. The van der Waals surface area contributed by atoms with Gasteiger partial charge in [0, 0.05) is 38.5 Å². The summed E-state index contributed by atoms with van der Waals surface area (Å²) in [6, 6.07) is 3.19. The zero-order valence-corrected chi connectivity index (χ0v) is 16.7. The molecule has 28 heavy (non-hydrogen) atoms. The molecular formula is C19H26N4O4S. The van der Waals surface area contributed by atoms with Gasteiger partial charge in [-0.05, 0) is 37.3 Å². The summed E-state index contributed by atoms with van der Waals surface area (Å²) in [6.45, 7) is 2.18. The van der Waals surface area contributed by atoms with Crippen molar-refractivity contribution in [3.8, 4) is 0 Å². The van der Waals surface area contributed by atoms with E-state index in [2.05, 4.69) is 15.1 Å². The number of sulfonamides is 1. The molecule has 2 fully saturated rings. The zero-order chi connectivity index (χ0) is 19.4. The first-order valence-electron chi connectivity index (χ1n) is 9.93. The monoisotopic (exact) mass is 406 g/mol. The summed E-state index contributed by atoms with van der Waals surface area (Å²) in [6.07, 6.45) is 9.38. The van der Waals surface area contributed by atoms with Gasteiger partial charge in [0.2, 0.25) is 15.9 Å². The number of pyridine rings is 1. The molecule has 1 saturated carbocycles. The van der Waals surface area contributed by atoms with Gasteiger partial charge in [-0.1, -0.05) is 18.0 Å². The molecule has 152 valence electrons. The Morgan fingerprint density at radius 2 is 2.11 bits per heavy atom. The van der Waals surface area contributed by atoms with Crippen LogP contribution in [0, 0.1) is 5.92 Å². The van der Waals surface area contributed by atoms with Crippen LogP contribution in [0.1, 0.15) is 49.7 Å².